The molecule has 1 amide bonds. The molecule has 27 heavy (non-hydrogen) atoms. The van der Waals surface area contributed by atoms with Crippen molar-refractivity contribution in [2.24, 2.45) is 0 Å². The van der Waals surface area contributed by atoms with Crippen LogP contribution in [0.4, 0.5) is 5.69 Å². The highest BCUT2D eigenvalue weighted by atomic mass is 32.2. The number of ether oxygens (including phenoxy) is 1. The van der Waals surface area contributed by atoms with E-state index in [1.165, 1.54) is 11.8 Å². The zero-order valence-corrected chi connectivity index (χ0v) is 15.4. The Morgan fingerprint density at radius 2 is 2.11 bits per heavy atom. The Morgan fingerprint density at radius 1 is 1.26 bits per heavy atom. The molecular formula is C18H18N4O4S. The van der Waals surface area contributed by atoms with E-state index in [1.807, 2.05) is 6.07 Å². The van der Waals surface area contributed by atoms with Gasteiger partial charge in [0.2, 0.25) is 5.91 Å². The molecule has 8 nitrogen and oxygen atoms in total. The van der Waals surface area contributed by atoms with Gasteiger partial charge in [-0.05, 0) is 31.2 Å². The normalized spacial score (nSPS) is 10.6. The third kappa shape index (κ3) is 4.98. The number of rotatable bonds is 8. The molecule has 0 spiro atoms. The lowest BCUT2D eigenvalue weighted by molar-refractivity contribution is -0.113. The van der Waals surface area contributed by atoms with Crippen molar-refractivity contribution in [3.63, 3.8) is 0 Å². The van der Waals surface area contributed by atoms with E-state index in [4.69, 9.17) is 9.15 Å². The van der Waals surface area contributed by atoms with Gasteiger partial charge in [0, 0.05) is 0 Å². The molecule has 0 aliphatic rings. The fraction of sp³-hybridized carbons (Fsp3) is 0.222. The SMILES string of the molecule is CCOC(=O)c1ccccc1NC(=O)CSc1nncn1Cc1ccco1. The number of hydrogen-bond donors (Lipinski definition) is 1. The van der Waals surface area contributed by atoms with Gasteiger partial charge in [-0.25, -0.2) is 4.79 Å². The van der Waals surface area contributed by atoms with Crippen LogP contribution in [0.3, 0.4) is 0 Å². The Labute approximate surface area is 159 Å². The van der Waals surface area contributed by atoms with E-state index in [1.54, 1.807) is 54.4 Å². The predicted octanol–water partition coefficient (Wildman–Crippen LogP) is 2.83. The van der Waals surface area contributed by atoms with Crippen LogP contribution in [0.2, 0.25) is 0 Å². The fourth-order valence-electron chi connectivity index (χ4n) is 2.33. The van der Waals surface area contributed by atoms with Gasteiger partial charge in [-0.3, -0.25) is 4.79 Å². The molecule has 1 N–H and O–H groups in total. The van der Waals surface area contributed by atoms with Crippen molar-refractivity contribution in [1.29, 1.82) is 0 Å². The molecule has 0 bridgehead atoms. The summed E-state index contributed by atoms with van der Waals surface area (Å²) in [5.41, 5.74) is 0.734. The Bertz CT molecular complexity index is 908. The molecule has 0 aliphatic heterocycles. The number of benzene rings is 1. The predicted molar refractivity (Wildman–Crippen MR) is 99.6 cm³/mol. The molecule has 0 saturated heterocycles. The minimum absolute atomic E-state index is 0.119. The number of nitrogens with zero attached hydrogens (tertiary/aromatic N) is 3. The van der Waals surface area contributed by atoms with Gasteiger partial charge in [-0.1, -0.05) is 23.9 Å². The smallest absolute Gasteiger partial charge is 0.340 e. The maximum absolute atomic E-state index is 12.3. The summed E-state index contributed by atoms with van der Waals surface area (Å²) >= 11 is 1.25. The lowest BCUT2D eigenvalue weighted by Crippen LogP contribution is -2.17. The molecule has 9 heteroatoms. The lowest BCUT2D eigenvalue weighted by atomic mass is 10.2. The van der Waals surface area contributed by atoms with Gasteiger partial charge in [0.05, 0.1) is 36.4 Å². The van der Waals surface area contributed by atoms with E-state index in [0.29, 0.717) is 23.0 Å². The van der Waals surface area contributed by atoms with E-state index in [9.17, 15) is 9.59 Å². The summed E-state index contributed by atoms with van der Waals surface area (Å²) in [6.07, 6.45) is 3.18. The fourth-order valence-corrected chi connectivity index (χ4v) is 3.05. The van der Waals surface area contributed by atoms with Gasteiger partial charge in [-0.2, -0.15) is 0 Å². The van der Waals surface area contributed by atoms with Crippen LogP contribution in [-0.4, -0.2) is 39.0 Å². The molecule has 2 aromatic heterocycles. The number of aromatic nitrogens is 3. The summed E-state index contributed by atoms with van der Waals surface area (Å²) in [6, 6.07) is 10.4. The van der Waals surface area contributed by atoms with Crippen molar-refractivity contribution < 1.29 is 18.7 Å². The Hall–Kier alpha value is -3.07. The Kier molecular flexibility index (Phi) is 6.26. The molecular weight excluding hydrogens is 368 g/mol. The van der Waals surface area contributed by atoms with Gasteiger partial charge in [0.1, 0.15) is 12.1 Å². The van der Waals surface area contributed by atoms with Crippen LogP contribution in [0.5, 0.6) is 0 Å². The molecule has 140 valence electrons. The number of thioether (sulfide) groups is 1. The molecule has 0 fully saturated rings. The quantitative estimate of drug-likeness (QED) is 0.469. The van der Waals surface area contributed by atoms with E-state index < -0.39 is 5.97 Å². The van der Waals surface area contributed by atoms with E-state index in [-0.39, 0.29) is 18.3 Å². The number of carbonyl (C=O) groups is 2. The van der Waals surface area contributed by atoms with Crippen LogP contribution in [-0.2, 0) is 16.1 Å². The zero-order chi connectivity index (χ0) is 19.1. The molecule has 0 radical (unpaired) electrons. The lowest BCUT2D eigenvalue weighted by Gasteiger charge is -2.10. The monoisotopic (exact) mass is 386 g/mol. The summed E-state index contributed by atoms with van der Waals surface area (Å²) in [6.45, 7) is 2.48. The number of nitrogens with one attached hydrogen (secondary N) is 1. The van der Waals surface area contributed by atoms with Crippen LogP contribution in [0, 0.1) is 0 Å². The maximum atomic E-state index is 12.3. The molecule has 1 aromatic carbocycles. The second-order valence-electron chi connectivity index (χ2n) is 5.42. The third-order valence-electron chi connectivity index (χ3n) is 3.52. The molecule has 0 aliphatic carbocycles. The highest BCUT2D eigenvalue weighted by Crippen LogP contribution is 2.19. The number of furan rings is 1. The summed E-state index contributed by atoms with van der Waals surface area (Å²) in [5.74, 6) is 0.154. The minimum Gasteiger partial charge on any atom is -0.467 e. The molecule has 0 saturated carbocycles. The first-order valence-electron chi connectivity index (χ1n) is 8.26. The topological polar surface area (TPSA) is 99.2 Å². The number of hydrogen-bond acceptors (Lipinski definition) is 7. The van der Waals surface area contributed by atoms with Gasteiger partial charge in [0.15, 0.2) is 5.16 Å². The van der Waals surface area contributed by atoms with Crippen molar-refractivity contribution in [3.8, 4) is 0 Å². The van der Waals surface area contributed by atoms with Crippen molar-refractivity contribution >= 4 is 29.3 Å². The van der Waals surface area contributed by atoms with Crippen LogP contribution in [0.25, 0.3) is 0 Å². The van der Waals surface area contributed by atoms with Crippen LogP contribution >= 0.6 is 11.8 Å². The third-order valence-corrected chi connectivity index (χ3v) is 4.50. The van der Waals surface area contributed by atoms with Crippen molar-refractivity contribution in [1.82, 2.24) is 14.8 Å². The zero-order valence-electron chi connectivity index (χ0n) is 14.6. The minimum atomic E-state index is -0.473. The van der Waals surface area contributed by atoms with Crippen LogP contribution in [0.15, 0.2) is 58.6 Å². The standard InChI is InChI=1S/C18H18N4O4S/c1-2-25-17(24)14-7-3-4-8-15(14)20-16(23)11-27-18-21-19-12-22(18)10-13-6-5-9-26-13/h3-9,12H,2,10-11H2,1H3,(H,20,23). The first-order valence-corrected chi connectivity index (χ1v) is 9.25. The van der Waals surface area contributed by atoms with Crippen LogP contribution < -0.4 is 5.32 Å². The highest BCUT2D eigenvalue weighted by Gasteiger charge is 2.15. The Balaban J connectivity index is 1.60. The number of anilines is 1. The molecule has 3 aromatic rings. The van der Waals surface area contributed by atoms with Gasteiger partial charge < -0.3 is 19.0 Å². The number of amides is 1. The largest absolute Gasteiger partial charge is 0.467 e. The first kappa shape index (κ1) is 18.7. The van der Waals surface area contributed by atoms with E-state index in [0.717, 1.165) is 5.76 Å². The Morgan fingerprint density at radius 3 is 2.89 bits per heavy atom. The number of carbonyl (C=O) groups excluding carboxylic acids is 2. The molecule has 0 unspecified atom stereocenters. The van der Waals surface area contributed by atoms with Crippen molar-refractivity contribution in [3.05, 3.63) is 60.3 Å². The summed E-state index contributed by atoms with van der Waals surface area (Å²) in [5, 5.41) is 11.2. The number of para-hydroxylation sites is 1. The summed E-state index contributed by atoms with van der Waals surface area (Å²) < 4.78 is 12.1. The van der Waals surface area contributed by atoms with Crippen molar-refractivity contribution in [2.45, 2.75) is 18.6 Å². The van der Waals surface area contributed by atoms with E-state index in [2.05, 4.69) is 15.5 Å². The van der Waals surface area contributed by atoms with E-state index >= 15 is 0 Å². The second kappa shape index (κ2) is 9.04. The number of esters is 1. The van der Waals surface area contributed by atoms with Gasteiger partial charge >= 0.3 is 5.97 Å². The average molecular weight is 386 g/mol. The average Bonchev–Trinajstić information content (AvgIpc) is 3.33. The molecule has 2 heterocycles. The highest BCUT2D eigenvalue weighted by molar-refractivity contribution is 7.99. The van der Waals surface area contributed by atoms with Crippen LogP contribution in [0.1, 0.15) is 23.0 Å². The molecule has 3 rings (SSSR count). The first-order chi connectivity index (χ1) is 13.2. The van der Waals surface area contributed by atoms with Gasteiger partial charge in [-0.15, -0.1) is 10.2 Å². The maximum Gasteiger partial charge on any atom is 0.340 e. The van der Waals surface area contributed by atoms with Gasteiger partial charge in [0.25, 0.3) is 0 Å². The summed E-state index contributed by atoms with van der Waals surface area (Å²) in [4.78, 5) is 24.3. The summed E-state index contributed by atoms with van der Waals surface area (Å²) in [7, 11) is 0. The van der Waals surface area contributed by atoms with Crippen molar-refractivity contribution in [2.75, 3.05) is 17.7 Å². The second-order valence-corrected chi connectivity index (χ2v) is 6.37. The molecule has 0 atom stereocenters.